The van der Waals surface area contributed by atoms with Gasteiger partial charge < -0.3 is 9.64 Å². The average molecular weight is 490 g/mol. The Labute approximate surface area is 196 Å². The van der Waals surface area contributed by atoms with Gasteiger partial charge in [-0.2, -0.15) is 13.2 Å². The molecular weight excluding hydrogens is 471 g/mol. The summed E-state index contributed by atoms with van der Waals surface area (Å²) in [5, 5.41) is 0. The molecule has 2 aromatic heterocycles. The number of halogens is 5. The molecule has 1 aliphatic carbocycles. The van der Waals surface area contributed by atoms with Gasteiger partial charge in [0.25, 0.3) is 11.8 Å². The minimum Gasteiger partial charge on any atom is -0.470 e. The molecule has 3 aliphatic rings. The molecule has 3 atom stereocenters. The third-order valence-corrected chi connectivity index (χ3v) is 6.41. The number of carbonyl (C=O) groups is 1. The molecule has 1 aromatic carbocycles. The second-order valence-electron chi connectivity index (χ2n) is 8.60. The van der Waals surface area contributed by atoms with Crippen molar-refractivity contribution in [2.45, 2.75) is 37.6 Å². The van der Waals surface area contributed by atoms with Gasteiger partial charge in [0.05, 0.1) is 22.7 Å². The molecule has 3 fully saturated rings. The number of rotatable bonds is 4. The first-order valence-electron chi connectivity index (χ1n) is 11.0. The van der Waals surface area contributed by atoms with Gasteiger partial charge in [0.1, 0.15) is 11.9 Å². The molecule has 11 heteroatoms. The van der Waals surface area contributed by atoms with E-state index < -0.39 is 47.3 Å². The fourth-order valence-electron chi connectivity index (χ4n) is 4.81. The van der Waals surface area contributed by atoms with Gasteiger partial charge in [-0.3, -0.25) is 4.79 Å². The number of amides is 1. The highest BCUT2D eigenvalue weighted by Gasteiger charge is 2.45. The van der Waals surface area contributed by atoms with Crippen LogP contribution in [0.2, 0.25) is 0 Å². The van der Waals surface area contributed by atoms with Crippen LogP contribution in [0.25, 0.3) is 11.4 Å². The number of alkyl halides is 3. The quantitative estimate of drug-likeness (QED) is 0.487. The molecular formula is C24H19F5N4O2. The lowest BCUT2D eigenvalue weighted by Crippen LogP contribution is -2.59. The van der Waals surface area contributed by atoms with Gasteiger partial charge in [-0.25, -0.2) is 23.7 Å². The second-order valence-corrected chi connectivity index (χ2v) is 8.60. The van der Waals surface area contributed by atoms with E-state index in [1.807, 2.05) is 0 Å². The summed E-state index contributed by atoms with van der Waals surface area (Å²) in [6.07, 6.45) is -0.136. The molecule has 182 valence electrons. The van der Waals surface area contributed by atoms with Crippen molar-refractivity contribution >= 4 is 5.91 Å². The molecule has 2 saturated heterocycles. The van der Waals surface area contributed by atoms with Gasteiger partial charge in [0.15, 0.2) is 11.6 Å². The van der Waals surface area contributed by atoms with Crippen LogP contribution in [-0.2, 0) is 6.18 Å². The van der Waals surface area contributed by atoms with Crippen molar-refractivity contribution in [3.63, 3.8) is 0 Å². The van der Waals surface area contributed by atoms with Crippen molar-refractivity contribution < 1.29 is 31.5 Å². The normalized spacial score (nSPS) is 21.7. The third kappa shape index (κ3) is 4.42. The highest BCUT2D eigenvalue weighted by atomic mass is 19.4. The standard InChI is InChI=1S/C24H19F5N4O2/c25-16-4-1-3-15(20(16)21-30-7-2-8-31-21)23(34)33-12-13-5-6-18(33)19(9-13)35-22-17(26)10-14(11-32-22)24(27,28)29/h1-4,7-8,10-11,13,18-19H,5-6,9,12H2. The van der Waals surface area contributed by atoms with E-state index in [1.54, 1.807) is 11.0 Å². The summed E-state index contributed by atoms with van der Waals surface area (Å²) in [6.45, 7) is 0.401. The van der Waals surface area contributed by atoms with E-state index in [2.05, 4.69) is 15.0 Å². The van der Waals surface area contributed by atoms with E-state index in [4.69, 9.17) is 4.74 Å². The van der Waals surface area contributed by atoms with Crippen LogP contribution in [0.15, 0.2) is 48.9 Å². The van der Waals surface area contributed by atoms with Crippen LogP contribution < -0.4 is 4.74 Å². The summed E-state index contributed by atoms with van der Waals surface area (Å²) >= 11 is 0. The predicted molar refractivity (Wildman–Crippen MR) is 113 cm³/mol. The third-order valence-electron chi connectivity index (χ3n) is 6.41. The Morgan fingerprint density at radius 2 is 1.80 bits per heavy atom. The lowest BCUT2D eigenvalue weighted by atomic mass is 9.77. The van der Waals surface area contributed by atoms with E-state index in [0.29, 0.717) is 31.6 Å². The Hall–Kier alpha value is -3.63. The molecule has 3 unspecified atom stereocenters. The lowest BCUT2D eigenvalue weighted by molar-refractivity contribution is -0.138. The molecule has 6 nitrogen and oxygen atoms in total. The van der Waals surface area contributed by atoms with Crippen molar-refractivity contribution in [3.8, 4) is 17.3 Å². The van der Waals surface area contributed by atoms with Crippen LogP contribution in [0.5, 0.6) is 5.88 Å². The second kappa shape index (κ2) is 8.86. The Balaban J connectivity index is 1.42. The minimum absolute atomic E-state index is 0.0209. The summed E-state index contributed by atoms with van der Waals surface area (Å²) in [5.41, 5.74) is -1.15. The molecule has 0 N–H and O–H groups in total. The monoisotopic (exact) mass is 490 g/mol. The molecule has 1 saturated carbocycles. The first-order valence-corrected chi connectivity index (χ1v) is 11.0. The average Bonchev–Trinajstić information content (AvgIpc) is 2.85. The van der Waals surface area contributed by atoms with Gasteiger partial charge in [-0.05, 0) is 49.4 Å². The van der Waals surface area contributed by atoms with Crippen LogP contribution >= 0.6 is 0 Å². The summed E-state index contributed by atoms with van der Waals surface area (Å²) in [4.78, 5) is 26.8. The molecule has 3 aromatic rings. The van der Waals surface area contributed by atoms with E-state index in [-0.39, 0.29) is 22.9 Å². The molecule has 1 amide bonds. The van der Waals surface area contributed by atoms with Gasteiger partial charge in [0, 0.05) is 25.1 Å². The van der Waals surface area contributed by atoms with Crippen LogP contribution in [0, 0.1) is 17.6 Å². The highest BCUT2D eigenvalue weighted by molar-refractivity contribution is 6.00. The highest BCUT2D eigenvalue weighted by Crippen LogP contribution is 2.39. The topological polar surface area (TPSA) is 68.2 Å². The predicted octanol–water partition coefficient (Wildman–Crippen LogP) is 4.91. The molecule has 2 bridgehead atoms. The van der Waals surface area contributed by atoms with Crippen molar-refractivity contribution in [1.29, 1.82) is 0 Å². The molecule has 6 rings (SSSR count). The first-order chi connectivity index (χ1) is 16.7. The number of hydrogen-bond acceptors (Lipinski definition) is 5. The maximum Gasteiger partial charge on any atom is 0.417 e. The van der Waals surface area contributed by atoms with E-state index in [1.165, 1.54) is 30.6 Å². The van der Waals surface area contributed by atoms with Crippen molar-refractivity contribution in [3.05, 3.63) is 71.7 Å². The molecule has 2 aliphatic heterocycles. The maximum absolute atomic E-state index is 14.8. The number of fused-ring (bicyclic) bond motifs is 3. The Bertz CT molecular complexity index is 1250. The lowest BCUT2D eigenvalue weighted by Gasteiger charge is -2.49. The fourth-order valence-corrected chi connectivity index (χ4v) is 4.81. The zero-order valence-electron chi connectivity index (χ0n) is 18.2. The van der Waals surface area contributed by atoms with Crippen molar-refractivity contribution in [1.82, 2.24) is 19.9 Å². The number of ether oxygens (including phenoxy) is 1. The number of nitrogens with zero attached hydrogens (tertiary/aromatic N) is 4. The van der Waals surface area contributed by atoms with Crippen molar-refractivity contribution in [2.24, 2.45) is 5.92 Å². The van der Waals surface area contributed by atoms with Crippen LogP contribution in [0.3, 0.4) is 0 Å². The largest absolute Gasteiger partial charge is 0.470 e. The van der Waals surface area contributed by atoms with E-state index in [9.17, 15) is 26.7 Å². The van der Waals surface area contributed by atoms with Crippen LogP contribution in [0.1, 0.15) is 35.2 Å². The molecule has 4 heterocycles. The minimum atomic E-state index is -4.73. The van der Waals surface area contributed by atoms with E-state index in [0.717, 1.165) is 6.42 Å². The van der Waals surface area contributed by atoms with Gasteiger partial charge in [-0.15, -0.1) is 0 Å². The van der Waals surface area contributed by atoms with Crippen LogP contribution in [0.4, 0.5) is 22.0 Å². The number of carbonyl (C=O) groups excluding carboxylic acids is 1. The van der Waals surface area contributed by atoms with Gasteiger partial charge >= 0.3 is 6.18 Å². The zero-order chi connectivity index (χ0) is 24.7. The number of piperidine rings is 2. The number of pyridine rings is 1. The summed E-state index contributed by atoms with van der Waals surface area (Å²) in [5.74, 6) is -2.76. The SMILES string of the molecule is O=C(c1cccc(F)c1-c1ncccn1)N1CC2CCC1C(Oc1ncc(C(F)(F)F)cc1F)C2. The number of aromatic nitrogens is 3. The molecule has 0 spiro atoms. The maximum atomic E-state index is 14.8. The Morgan fingerprint density at radius 3 is 2.49 bits per heavy atom. The summed E-state index contributed by atoms with van der Waals surface area (Å²) in [6, 6.07) is 5.56. The Kier molecular flexibility index (Phi) is 5.86. The first kappa shape index (κ1) is 23.1. The number of hydrogen-bond donors (Lipinski definition) is 0. The van der Waals surface area contributed by atoms with Gasteiger partial charge in [-0.1, -0.05) is 6.07 Å². The van der Waals surface area contributed by atoms with Crippen molar-refractivity contribution in [2.75, 3.05) is 6.54 Å². The molecule has 0 radical (unpaired) electrons. The summed E-state index contributed by atoms with van der Waals surface area (Å²) < 4.78 is 73.3. The smallest absolute Gasteiger partial charge is 0.417 e. The zero-order valence-corrected chi connectivity index (χ0v) is 18.2. The van der Waals surface area contributed by atoms with Crippen LogP contribution in [-0.4, -0.2) is 44.4 Å². The fraction of sp³-hybridized carbons (Fsp3) is 0.333. The summed E-state index contributed by atoms with van der Waals surface area (Å²) in [7, 11) is 0. The molecule has 35 heavy (non-hydrogen) atoms. The van der Waals surface area contributed by atoms with E-state index >= 15 is 0 Å². The Morgan fingerprint density at radius 1 is 1.03 bits per heavy atom. The number of benzene rings is 1. The van der Waals surface area contributed by atoms with Gasteiger partial charge in [0.2, 0.25) is 0 Å².